The molecule has 4 amide bonds. The van der Waals surface area contributed by atoms with Crippen molar-refractivity contribution in [2.75, 3.05) is 83.9 Å². The van der Waals surface area contributed by atoms with Gasteiger partial charge in [0.05, 0.1) is 84.6 Å². The molecular weight excluding hydrogens is 1880 g/mol. The predicted molar refractivity (Wildman–Crippen MR) is 587 cm³/mol. The molecule has 15 heterocycles. The second-order valence-electron chi connectivity index (χ2n) is 42.0. The molecule has 149 heavy (non-hydrogen) atoms. The van der Waals surface area contributed by atoms with Crippen molar-refractivity contribution in [3.8, 4) is 0 Å². The molecule has 0 radical (unpaired) electrons. The first kappa shape index (κ1) is 102. The molecule has 13 aliphatic heterocycles. The van der Waals surface area contributed by atoms with Gasteiger partial charge >= 0.3 is 0 Å². The zero-order valence-electron chi connectivity index (χ0n) is 85.3. The highest BCUT2D eigenvalue weighted by atomic mass is 35.5. The fourth-order valence-corrected chi connectivity index (χ4v) is 23.5. The number of anilines is 2. The zero-order chi connectivity index (χ0) is 101. The lowest BCUT2D eigenvalue weighted by molar-refractivity contribution is -0.134. The standard InChI is InChI=1S/C25H23N3O.C25H29NO3.C25H23NO2.2C20H20N2O2.C12H15NO.ClH/c1-3-9-20-18(7-1)17-29-25(20)13-15-28(16-14-25)24-19-8-2-4-10-21(19)26-22-11-5-6-12-23(22)27-24;1-24(2,3)22(27)16-18-8-10-19(11-9-18)23(28)26-14-12-25(13-15-26)21-7-5-4-6-20(21)17-29-25;27-24(12-10-19-9-11-20-5-1-2-6-21(20)17-19)26-15-13-25(14-16-26)23-8-4-3-7-22(23)18-28-25;23-19(8-7-16-4-3-11-21-14-16)22-12-9-20(10-13-22)18-6-2-1-5-17(18)15-24-20;23-19(6-5-16-7-11-21-12-8-16)22-13-9-20(10-14-22)18-4-2-1-3-17(18)15-24-20;1-2-4-11-10(3-1)9-14-12(11)5-7-13-8-6-12;/h1-12,26H,13-17H2;4-11H,12-17H2,1-3H3;1-12,17H,13-16,18H2;1-8,11,14H,9-10,12-13,15H2;1-8,11-12H,9-10,13-15H2;1-4,13H,5-9H2;1H/b;;12-10+;8-7+;6-5+;;. The summed E-state index contributed by atoms with van der Waals surface area (Å²) in [5.74, 6) is 1.51. The van der Waals surface area contributed by atoms with E-state index in [1.807, 2.05) is 125 Å². The maximum Gasteiger partial charge on any atom is 0.253 e. The maximum atomic E-state index is 13.0. The molecule has 2 N–H and O–H groups in total. The third kappa shape index (κ3) is 22.4. The van der Waals surface area contributed by atoms with Crippen molar-refractivity contribution in [1.29, 1.82) is 0 Å². The number of hydrogen-bond acceptors (Lipinski definition) is 17. The summed E-state index contributed by atoms with van der Waals surface area (Å²) in [5, 5.41) is 9.36. The van der Waals surface area contributed by atoms with Crippen LogP contribution in [-0.2, 0) is 127 Å². The minimum absolute atomic E-state index is 0. The lowest BCUT2D eigenvalue weighted by atomic mass is 9.83. The Kier molecular flexibility index (Phi) is 31.0. The van der Waals surface area contributed by atoms with Crippen LogP contribution in [0.3, 0.4) is 0 Å². The number of para-hydroxylation sites is 3. The fraction of sp³-hybridized carbons (Fsp3) is 0.323. The van der Waals surface area contributed by atoms with Crippen molar-refractivity contribution in [3.63, 3.8) is 0 Å². The third-order valence-corrected chi connectivity index (χ3v) is 32.3. The number of pyridine rings is 2. The summed E-state index contributed by atoms with van der Waals surface area (Å²) in [6.45, 7) is 19.8. The molecule has 21 nitrogen and oxygen atoms in total. The lowest BCUT2D eigenvalue weighted by Gasteiger charge is -2.40. The van der Waals surface area contributed by atoms with Crippen LogP contribution in [0.2, 0.25) is 0 Å². The average molecular weight is 2010 g/mol. The van der Waals surface area contributed by atoms with Crippen LogP contribution in [0.1, 0.15) is 203 Å². The minimum atomic E-state index is -0.348. The number of aromatic nitrogens is 2. The first-order valence-electron chi connectivity index (χ1n) is 52.7. The van der Waals surface area contributed by atoms with E-state index in [1.165, 1.54) is 77.5 Å². The highest BCUT2D eigenvalue weighted by molar-refractivity contribution is 6.08. The molecular formula is C127H131ClN10O11. The van der Waals surface area contributed by atoms with Crippen LogP contribution < -0.4 is 10.6 Å². The zero-order valence-corrected chi connectivity index (χ0v) is 86.1. The molecule has 0 unspecified atom stereocenters. The van der Waals surface area contributed by atoms with E-state index >= 15 is 0 Å². The average Bonchev–Trinajstić information content (AvgIpc) is 1.71. The van der Waals surface area contributed by atoms with Crippen molar-refractivity contribution >= 4 is 93.7 Å². The fourth-order valence-electron chi connectivity index (χ4n) is 23.5. The smallest absolute Gasteiger partial charge is 0.253 e. The number of carbonyl (C=O) groups is 5. The SMILES string of the molecule is CC(C)(C)C(=O)Cc1ccc(C(=O)N2CCC3(CC2)OCc2ccccc23)cc1.Cl.O=C(/C=C/c1ccc2ccccc2c1)N1CCC2(CC1)OCc1ccccc12.O=C(/C=C/c1cccnc1)N1CCC2(CC1)OCc1ccccc12.O=C(/C=C/c1ccncc1)N1CCC2(CC1)OCc1ccccc12.c1ccc2c(c1)COC21CCN(C2=Nc3ccccc3Nc3ccccc32)CC1.c1ccc2c(c1)COC21CCNCC1. The molecule has 6 spiro atoms. The highest BCUT2D eigenvalue weighted by Gasteiger charge is 2.50. The summed E-state index contributed by atoms with van der Waals surface area (Å²) in [4.78, 5) is 85.9. The Morgan fingerprint density at radius 2 is 0.711 bits per heavy atom. The third-order valence-electron chi connectivity index (χ3n) is 32.3. The van der Waals surface area contributed by atoms with E-state index in [0.29, 0.717) is 51.5 Å². The number of rotatable bonds is 9. The molecule has 0 atom stereocenters. The van der Waals surface area contributed by atoms with Crippen LogP contribution in [-0.4, -0.2) is 148 Å². The van der Waals surface area contributed by atoms with Crippen molar-refractivity contribution in [2.24, 2.45) is 10.4 Å². The quantitative estimate of drug-likeness (QED) is 0.128. The molecule has 11 aromatic carbocycles. The number of likely N-dealkylation sites (tertiary alicyclic amines) is 5. The van der Waals surface area contributed by atoms with Gasteiger partial charge in [-0.15, -0.1) is 12.4 Å². The van der Waals surface area contributed by atoms with E-state index in [1.54, 1.807) is 43.0 Å². The monoisotopic (exact) mass is 2010 g/mol. The van der Waals surface area contributed by atoms with Crippen molar-refractivity contribution in [3.05, 3.63) is 428 Å². The summed E-state index contributed by atoms with van der Waals surface area (Å²) in [7, 11) is 0. The van der Waals surface area contributed by atoms with Crippen LogP contribution in [0.25, 0.3) is 29.0 Å². The summed E-state index contributed by atoms with van der Waals surface area (Å²) < 4.78 is 37.1. The number of halogens is 1. The van der Waals surface area contributed by atoms with Gasteiger partial charge < -0.3 is 63.6 Å². The highest BCUT2D eigenvalue weighted by Crippen LogP contribution is 2.51. The Labute approximate surface area is 880 Å². The summed E-state index contributed by atoms with van der Waals surface area (Å²) in [6, 6.07) is 97.4. The van der Waals surface area contributed by atoms with Crippen molar-refractivity contribution in [1.82, 2.24) is 39.8 Å². The maximum absolute atomic E-state index is 13.0. The topological polar surface area (TPSA) is 219 Å². The van der Waals surface area contributed by atoms with Crippen LogP contribution in [0.5, 0.6) is 0 Å². The Hall–Kier alpha value is -14.0. The van der Waals surface area contributed by atoms with E-state index < -0.39 is 0 Å². The number of nitrogens with one attached hydrogen (secondary N) is 2. The Morgan fingerprint density at radius 1 is 0.342 bits per heavy atom. The Morgan fingerprint density at radius 3 is 1.14 bits per heavy atom. The summed E-state index contributed by atoms with van der Waals surface area (Å²) in [6.07, 6.45) is 28.9. The molecule has 22 heteroatoms. The number of fused-ring (bicyclic) bond motifs is 15. The summed E-state index contributed by atoms with van der Waals surface area (Å²) in [5.41, 5.74) is 23.6. The molecule has 0 saturated carbocycles. The van der Waals surface area contributed by atoms with Gasteiger partial charge in [0, 0.05) is 137 Å². The van der Waals surface area contributed by atoms with Gasteiger partial charge in [-0.2, -0.15) is 0 Å². The predicted octanol–water partition coefficient (Wildman–Crippen LogP) is 23.3. The van der Waals surface area contributed by atoms with Crippen LogP contribution in [0.15, 0.2) is 333 Å². The number of amides is 4. The van der Waals surface area contributed by atoms with Crippen molar-refractivity contribution < 1.29 is 52.4 Å². The minimum Gasteiger partial charge on any atom is -0.365 e. The van der Waals surface area contributed by atoms with Crippen LogP contribution in [0.4, 0.5) is 17.1 Å². The van der Waals surface area contributed by atoms with Gasteiger partial charge in [-0.3, -0.25) is 33.9 Å². The van der Waals surface area contributed by atoms with Gasteiger partial charge in [0.1, 0.15) is 11.6 Å². The van der Waals surface area contributed by atoms with Gasteiger partial charge in [-0.25, -0.2) is 4.99 Å². The number of benzene rings is 11. The molecule has 762 valence electrons. The second kappa shape index (κ2) is 45.2. The number of ketones is 1. The van der Waals surface area contributed by atoms with Crippen LogP contribution in [0, 0.1) is 5.41 Å². The number of ether oxygens (including phenoxy) is 6. The van der Waals surface area contributed by atoms with Gasteiger partial charge in [0.2, 0.25) is 17.7 Å². The molecule has 6 saturated heterocycles. The number of amidine groups is 1. The number of Topliss-reactive ketones (excluding diaryl/α,β-unsaturated/α-hetero) is 1. The molecule has 13 aromatic rings. The van der Waals surface area contributed by atoms with Crippen LogP contribution >= 0.6 is 12.4 Å². The Bertz CT molecular complexity index is 6960. The first-order valence-corrected chi connectivity index (χ1v) is 52.7. The number of hydrogen-bond donors (Lipinski definition) is 2. The largest absolute Gasteiger partial charge is 0.365 e. The second-order valence-corrected chi connectivity index (χ2v) is 42.0. The number of nitrogens with zero attached hydrogens (tertiary/aromatic N) is 8. The normalized spacial score (nSPS) is 18.9. The summed E-state index contributed by atoms with van der Waals surface area (Å²) >= 11 is 0. The lowest BCUT2D eigenvalue weighted by Crippen LogP contribution is -2.45. The number of aliphatic imine (C=N–C) groups is 1. The first-order chi connectivity index (χ1) is 72.3. The van der Waals surface area contributed by atoms with E-state index in [4.69, 9.17) is 33.4 Å². The van der Waals surface area contributed by atoms with Gasteiger partial charge in [-0.1, -0.05) is 245 Å². The number of carbonyl (C=O) groups excluding carboxylic acids is 5. The molecule has 0 bridgehead atoms. The van der Waals surface area contributed by atoms with E-state index in [0.717, 1.165) is 206 Å². The molecule has 0 aliphatic carbocycles. The molecule has 2 aromatic heterocycles. The van der Waals surface area contributed by atoms with Gasteiger partial charge in [0.15, 0.2) is 0 Å². The molecule has 6 fully saturated rings. The van der Waals surface area contributed by atoms with Crippen molar-refractivity contribution in [2.45, 2.75) is 177 Å². The Balaban J connectivity index is 0.000000109. The number of piperidine rings is 6. The van der Waals surface area contributed by atoms with E-state index in [2.05, 4.69) is 244 Å². The van der Waals surface area contributed by atoms with Gasteiger partial charge in [-0.05, 0) is 269 Å². The van der Waals surface area contributed by atoms with E-state index in [-0.39, 0.29) is 80.8 Å². The van der Waals surface area contributed by atoms with Gasteiger partial charge in [0.25, 0.3) is 5.91 Å². The van der Waals surface area contributed by atoms with E-state index in [9.17, 15) is 24.0 Å². The molecule has 13 aliphatic rings. The molecule has 26 rings (SSSR count).